The largest absolute Gasteiger partial charge is 0.417 e. The Bertz CT molecular complexity index is 210. The van der Waals surface area contributed by atoms with Gasteiger partial charge in [-0.15, -0.1) is 0 Å². The van der Waals surface area contributed by atoms with Crippen molar-refractivity contribution < 1.29 is 4.43 Å². The first kappa shape index (κ1) is 13.2. The van der Waals surface area contributed by atoms with Gasteiger partial charge in [0.25, 0.3) is 0 Å². The SMILES string of the molecule is CC[C@H]1N[C@@H]1CCO[Si](C)(C)C(C)(C)C. The Morgan fingerprint density at radius 2 is 1.80 bits per heavy atom. The zero-order valence-corrected chi connectivity index (χ0v) is 12.2. The van der Waals surface area contributed by atoms with E-state index in [0.29, 0.717) is 5.04 Å². The highest BCUT2D eigenvalue weighted by molar-refractivity contribution is 6.74. The summed E-state index contributed by atoms with van der Waals surface area (Å²) in [6.07, 6.45) is 2.44. The number of hydrogen-bond donors (Lipinski definition) is 1. The van der Waals surface area contributed by atoms with Gasteiger partial charge in [0.1, 0.15) is 0 Å². The molecule has 90 valence electrons. The van der Waals surface area contributed by atoms with Gasteiger partial charge in [-0.3, -0.25) is 0 Å². The molecule has 0 aromatic heterocycles. The van der Waals surface area contributed by atoms with Gasteiger partial charge < -0.3 is 9.74 Å². The summed E-state index contributed by atoms with van der Waals surface area (Å²) in [5.74, 6) is 0. The first-order valence-electron chi connectivity index (χ1n) is 6.18. The molecule has 3 heteroatoms. The second-order valence-electron chi connectivity index (χ2n) is 6.19. The van der Waals surface area contributed by atoms with Gasteiger partial charge in [0.2, 0.25) is 0 Å². The van der Waals surface area contributed by atoms with E-state index in [1.165, 1.54) is 12.8 Å². The Labute approximate surface area is 95.9 Å². The van der Waals surface area contributed by atoms with Gasteiger partial charge in [0.05, 0.1) is 0 Å². The molecule has 1 heterocycles. The van der Waals surface area contributed by atoms with Crippen molar-refractivity contribution in [2.75, 3.05) is 6.61 Å². The minimum atomic E-state index is -1.50. The Hall–Kier alpha value is 0.137. The monoisotopic (exact) mass is 229 g/mol. The van der Waals surface area contributed by atoms with Gasteiger partial charge in [0.15, 0.2) is 8.32 Å². The van der Waals surface area contributed by atoms with Crippen LogP contribution in [0.1, 0.15) is 40.5 Å². The van der Waals surface area contributed by atoms with E-state index in [9.17, 15) is 0 Å². The summed E-state index contributed by atoms with van der Waals surface area (Å²) in [7, 11) is -1.50. The maximum Gasteiger partial charge on any atom is 0.191 e. The molecule has 15 heavy (non-hydrogen) atoms. The van der Waals surface area contributed by atoms with Crippen LogP contribution in [0.4, 0.5) is 0 Å². The lowest BCUT2D eigenvalue weighted by Gasteiger charge is -2.36. The van der Waals surface area contributed by atoms with Gasteiger partial charge in [-0.2, -0.15) is 0 Å². The molecule has 1 saturated heterocycles. The second kappa shape index (κ2) is 4.56. The van der Waals surface area contributed by atoms with Crippen LogP contribution in [0.3, 0.4) is 0 Å². The van der Waals surface area contributed by atoms with Crippen LogP contribution in [0.25, 0.3) is 0 Å². The van der Waals surface area contributed by atoms with Crippen molar-refractivity contribution in [3.05, 3.63) is 0 Å². The van der Waals surface area contributed by atoms with Crippen molar-refractivity contribution in [3.8, 4) is 0 Å². The molecule has 1 aliphatic rings. The quantitative estimate of drug-likeness (QED) is 0.580. The highest BCUT2D eigenvalue weighted by Crippen LogP contribution is 2.36. The lowest BCUT2D eigenvalue weighted by atomic mass is 10.2. The number of hydrogen-bond acceptors (Lipinski definition) is 2. The summed E-state index contributed by atoms with van der Waals surface area (Å²) in [5.41, 5.74) is 0. The summed E-state index contributed by atoms with van der Waals surface area (Å²) in [6, 6.07) is 1.51. The van der Waals surface area contributed by atoms with Gasteiger partial charge in [0, 0.05) is 18.7 Å². The Morgan fingerprint density at radius 1 is 1.20 bits per heavy atom. The van der Waals surface area contributed by atoms with E-state index in [1.54, 1.807) is 0 Å². The molecule has 0 bridgehead atoms. The molecule has 2 nitrogen and oxygen atoms in total. The van der Waals surface area contributed by atoms with Crippen LogP contribution < -0.4 is 5.32 Å². The molecular formula is C12H27NOSi. The third kappa shape index (κ3) is 3.57. The van der Waals surface area contributed by atoms with Crippen molar-refractivity contribution in [1.29, 1.82) is 0 Å². The van der Waals surface area contributed by atoms with Crippen molar-refractivity contribution in [2.24, 2.45) is 0 Å². The summed E-state index contributed by atoms with van der Waals surface area (Å²) in [6.45, 7) is 14.7. The van der Waals surface area contributed by atoms with Crippen LogP contribution in [0.2, 0.25) is 18.1 Å². The lowest BCUT2D eigenvalue weighted by molar-refractivity contribution is 0.281. The van der Waals surface area contributed by atoms with Crippen molar-refractivity contribution >= 4 is 8.32 Å². The smallest absolute Gasteiger partial charge is 0.191 e. The lowest BCUT2D eigenvalue weighted by Crippen LogP contribution is -2.41. The van der Waals surface area contributed by atoms with Crippen LogP contribution >= 0.6 is 0 Å². The fraction of sp³-hybridized carbons (Fsp3) is 1.00. The molecule has 1 fully saturated rings. The predicted octanol–water partition coefficient (Wildman–Crippen LogP) is 3.15. The topological polar surface area (TPSA) is 31.2 Å². The molecule has 1 aliphatic heterocycles. The Balaban J connectivity index is 2.20. The molecule has 0 amide bonds. The molecule has 0 aromatic rings. The first-order valence-corrected chi connectivity index (χ1v) is 9.09. The Morgan fingerprint density at radius 3 is 2.20 bits per heavy atom. The van der Waals surface area contributed by atoms with Crippen LogP contribution in [0, 0.1) is 0 Å². The van der Waals surface area contributed by atoms with E-state index in [4.69, 9.17) is 4.43 Å². The predicted molar refractivity (Wildman–Crippen MR) is 68.8 cm³/mol. The summed E-state index contributed by atoms with van der Waals surface area (Å²) in [5, 5.41) is 3.82. The average molecular weight is 229 g/mol. The minimum Gasteiger partial charge on any atom is -0.417 e. The number of rotatable bonds is 5. The molecular weight excluding hydrogens is 202 g/mol. The normalized spacial score (nSPS) is 26.8. The molecule has 0 unspecified atom stereocenters. The van der Waals surface area contributed by atoms with Crippen LogP contribution in [-0.4, -0.2) is 27.0 Å². The third-order valence-electron chi connectivity index (χ3n) is 3.94. The fourth-order valence-corrected chi connectivity index (χ4v) is 2.63. The third-order valence-corrected chi connectivity index (χ3v) is 8.48. The van der Waals surface area contributed by atoms with Crippen LogP contribution in [0.15, 0.2) is 0 Å². The minimum absolute atomic E-state index is 0.341. The van der Waals surface area contributed by atoms with Gasteiger partial charge in [-0.25, -0.2) is 0 Å². The second-order valence-corrected chi connectivity index (χ2v) is 11.0. The molecule has 1 rings (SSSR count). The molecule has 0 spiro atoms. The fourth-order valence-electron chi connectivity index (χ4n) is 1.56. The molecule has 2 atom stereocenters. The highest BCUT2D eigenvalue weighted by Gasteiger charge is 2.38. The average Bonchev–Trinajstić information content (AvgIpc) is 2.81. The van der Waals surface area contributed by atoms with Crippen LogP contribution in [-0.2, 0) is 4.43 Å². The van der Waals surface area contributed by atoms with E-state index < -0.39 is 8.32 Å². The highest BCUT2D eigenvalue weighted by atomic mass is 28.4. The van der Waals surface area contributed by atoms with E-state index in [2.05, 4.69) is 46.1 Å². The van der Waals surface area contributed by atoms with Crippen molar-refractivity contribution in [3.63, 3.8) is 0 Å². The van der Waals surface area contributed by atoms with Gasteiger partial charge in [-0.05, 0) is 31.0 Å². The summed E-state index contributed by atoms with van der Waals surface area (Å²) >= 11 is 0. The molecule has 0 aliphatic carbocycles. The summed E-state index contributed by atoms with van der Waals surface area (Å²) in [4.78, 5) is 0. The number of nitrogens with one attached hydrogen (secondary N) is 1. The van der Waals surface area contributed by atoms with E-state index >= 15 is 0 Å². The Kier molecular flexibility index (Phi) is 4.01. The molecule has 0 radical (unpaired) electrons. The molecule has 0 saturated carbocycles. The summed E-state index contributed by atoms with van der Waals surface area (Å²) < 4.78 is 6.14. The van der Waals surface area contributed by atoms with Crippen molar-refractivity contribution in [1.82, 2.24) is 5.32 Å². The van der Waals surface area contributed by atoms with Gasteiger partial charge >= 0.3 is 0 Å². The maximum absolute atomic E-state index is 6.14. The van der Waals surface area contributed by atoms with Crippen LogP contribution in [0.5, 0.6) is 0 Å². The molecule has 0 aromatic carbocycles. The standard InChI is InChI=1S/C12H27NOSi/c1-7-10-11(13-10)8-9-14-15(5,6)12(2,3)4/h10-11,13H,7-9H2,1-6H3/t10-,11-/m1/s1. The maximum atomic E-state index is 6.14. The van der Waals surface area contributed by atoms with E-state index in [0.717, 1.165) is 18.7 Å². The van der Waals surface area contributed by atoms with Gasteiger partial charge in [-0.1, -0.05) is 27.7 Å². The first-order chi connectivity index (χ1) is 6.78. The van der Waals surface area contributed by atoms with Crippen molar-refractivity contribution in [2.45, 2.75) is 70.8 Å². The van der Waals surface area contributed by atoms with E-state index in [1.807, 2.05) is 0 Å². The zero-order valence-electron chi connectivity index (χ0n) is 11.2. The van der Waals surface area contributed by atoms with E-state index in [-0.39, 0.29) is 0 Å². The zero-order chi connectivity index (χ0) is 11.7. The molecule has 1 N–H and O–H groups in total.